The van der Waals surface area contributed by atoms with Gasteiger partial charge in [-0.3, -0.25) is 0 Å². The first-order valence-corrected chi connectivity index (χ1v) is 5.76. The van der Waals surface area contributed by atoms with E-state index in [0.29, 0.717) is 5.75 Å². The van der Waals surface area contributed by atoms with Crippen LogP contribution in [0, 0.1) is 0 Å². The molecule has 0 fully saturated rings. The van der Waals surface area contributed by atoms with Gasteiger partial charge in [0.05, 0.1) is 0 Å². The Balaban J connectivity index is 2.18. The smallest absolute Gasteiger partial charge is 0.115 e. The summed E-state index contributed by atoms with van der Waals surface area (Å²) in [5, 5.41) is 9.15. The van der Waals surface area contributed by atoms with Crippen LogP contribution in [0.25, 0.3) is 12.2 Å². The van der Waals surface area contributed by atoms with E-state index in [1.54, 1.807) is 12.1 Å². The summed E-state index contributed by atoms with van der Waals surface area (Å²) in [7, 11) is 0. The van der Waals surface area contributed by atoms with Gasteiger partial charge < -0.3 is 5.11 Å². The van der Waals surface area contributed by atoms with Gasteiger partial charge in [0.25, 0.3) is 0 Å². The van der Waals surface area contributed by atoms with Gasteiger partial charge in [0.2, 0.25) is 0 Å². The summed E-state index contributed by atoms with van der Waals surface area (Å²) in [5.41, 5.74) is 2.21. The summed E-state index contributed by atoms with van der Waals surface area (Å²) in [6.45, 7) is 0. The number of benzene rings is 2. The van der Waals surface area contributed by atoms with Crippen LogP contribution in [-0.4, -0.2) is 5.11 Å². The highest BCUT2D eigenvalue weighted by Gasteiger charge is 1.90. The third-order valence-electron chi connectivity index (χ3n) is 2.21. The summed E-state index contributed by atoms with van der Waals surface area (Å²) in [4.78, 5) is 0. The lowest BCUT2D eigenvalue weighted by Crippen LogP contribution is -1.73. The summed E-state index contributed by atoms with van der Waals surface area (Å²) < 4.78 is 1.07. The summed E-state index contributed by atoms with van der Waals surface area (Å²) in [5.74, 6) is 0.291. The van der Waals surface area contributed by atoms with Gasteiger partial charge in [0.15, 0.2) is 0 Å². The zero-order valence-electron chi connectivity index (χ0n) is 8.60. The predicted octanol–water partition coefficient (Wildman–Crippen LogP) is 4.33. The van der Waals surface area contributed by atoms with Crippen LogP contribution in [0.1, 0.15) is 11.1 Å². The Bertz CT molecular complexity index is 500. The van der Waals surface area contributed by atoms with Crippen molar-refractivity contribution in [3.8, 4) is 5.75 Å². The van der Waals surface area contributed by atoms with Crippen molar-refractivity contribution >= 4 is 28.1 Å². The normalized spacial score (nSPS) is 10.8. The average Bonchev–Trinajstić information content (AvgIpc) is 2.28. The Morgan fingerprint density at radius 3 is 2.25 bits per heavy atom. The Kier molecular flexibility index (Phi) is 3.42. The van der Waals surface area contributed by atoms with Gasteiger partial charge >= 0.3 is 0 Å². The lowest BCUT2D eigenvalue weighted by molar-refractivity contribution is 0.475. The number of rotatable bonds is 2. The molecule has 0 aliphatic heterocycles. The van der Waals surface area contributed by atoms with E-state index in [2.05, 4.69) is 22.0 Å². The molecular weight excluding hydrogens is 264 g/mol. The molecule has 0 spiro atoms. The van der Waals surface area contributed by atoms with Gasteiger partial charge in [-0.1, -0.05) is 52.3 Å². The molecule has 2 aromatic rings. The van der Waals surface area contributed by atoms with Crippen LogP contribution >= 0.6 is 15.9 Å². The standard InChI is InChI=1S/C14H11BrO/c15-13-3-1-2-12(10-13)5-4-11-6-8-14(16)9-7-11/h1-10,16H. The first-order chi connectivity index (χ1) is 7.74. The van der Waals surface area contributed by atoms with Gasteiger partial charge in [-0.2, -0.15) is 0 Å². The van der Waals surface area contributed by atoms with Crippen LogP contribution in [0.3, 0.4) is 0 Å². The van der Waals surface area contributed by atoms with E-state index in [0.717, 1.165) is 15.6 Å². The van der Waals surface area contributed by atoms with Crippen molar-refractivity contribution in [3.63, 3.8) is 0 Å². The fourth-order valence-electron chi connectivity index (χ4n) is 1.39. The molecule has 80 valence electrons. The highest BCUT2D eigenvalue weighted by Crippen LogP contribution is 2.15. The van der Waals surface area contributed by atoms with E-state index in [-0.39, 0.29) is 0 Å². The van der Waals surface area contributed by atoms with Crippen molar-refractivity contribution in [2.24, 2.45) is 0 Å². The fraction of sp³-hybridized carbons (Fsp3) is 0. The minimum Gasteiger partial charge on any atom is -0.508 e. The van der Waals surface area contributed by atoms with Crippen molar-refractivity contribution in [1.82, 2.24) is 0 Å². The lowest BCUT2D eigenvalue weighted by Gasteiger charge is -1.96. The Morgan fingerprint density at radius 1 is 0.875 bits per heavy atom. The molecule has 0 atom stereocenters. The first kappa shape index (κ1) is 11.0. The Morgan fingerprint density at radius 2 is 1.56 bits per heavy atom. The SMILES string of the molecule is Oc1ccc(C=Cc2cccc(Br)c2)cc1. The van der Waals surface area contributed by atoms with Crippen LogP contribution in [-0.2, 0) is 0 Å². The number of hydrogen-bond donors (Lipinski definition) is 1. The molecule has 0 aliphatic rings. The number of hydrogen-bond acceptors (Lipinski definition) is 1. The van der Waals surface area contributed by atoms with Crippen LogP contribution in [0.4, 0.5) is 0 Å². The van der Waals surface area contributed by atoms with Crippen molar-refractivity contribution in [2.75, 3.05) is 0 Å². The lowest BCUT2D eigenvalue weighted by atomic mass is 10.1. The monoisotopic (exact) mass is 274 g/mol. The van der Waals surface area contributed by atoms with Crippen LogP contribution in [0.5, 0.6) is 5.75 Å². The molecule has 1 nitrogen and oxygen atoms in total. The van der Waals surface area contributed by atoms with E-state index >= 15 is 0 Å². The third kappa shape index (κ3) is 2.97. The van der Waals surface area contributed by atoms with Gasteiger partial charge in [0, 0.05) is 4.47 Å². The number of phenolic OH excluding ortho intramolecular Hbond substituents is 1. The molecular formula is C14H11BrO. The zero-order chi connectivity index (χ0) is 11.4. The predicted molar refractivity (Wildman–Crippen MR) is 71.2 cm³/mol. The molecule has 2 aromatic carbocycles. The molecule has 0 radical (unpaired) electrons. The molecule has 0 bridgehead atoms. The van der Waals surface area contributed by atoms with Crippen molar-refractivity contribution in [1.29, 1.82) is 0 Å². The first-order valence-electron chi connectivity index (χ1n) is 4.97. The van der Waals surface area contributed by atoms with Gasteiger partial charge in [-0.15, -0.1) is 0 Å². The summed E-state index contributed by atoms with van der Waals surface area (Å²) >= 11 is 3.43. The van der Waals surface area contributed by atoms with Crippen LogP contribution < -0.4 is 0 Å². The maximum absolute atomic E-state index is 9.15. The summed E-state index contributed by atoms with van der Waals surface area (Å²) in [6.07, 6.45) is 4.05. The maximum atomic E-state index is 9.15. The molecule has 0 saturated heterocycles. The molecule has 0 saturated carbocycles. The fourth-order valence-corrected chi connectivity index (χ4v) is 1.81. The molecule has 1 N–H and O–H groups in total. The molecule has 0 aromatic heterocycles. The topological polar surface area (TPSA) is 20.2 Å². The van der Waals surface area contributed by atoms with Gasteiger partial charge in [0.1, 0.15) is 5.75 Å². The molecule has 0 aliphatic carbocycles. The molecule has 0 unspecified atom stereocenters. The second-order valence-electron chi connectivity index (χ2n) is 3.48. The minimum absolute atomic E-state index is 0.291. The quantitative estimate of drug-likeness (QED) is 0.809. The van der Waals surface area contributed by atoms with Crippen LogP contribution in [0.15, 0.2) is 53.0 Å². The number of halogens is 1. The van der Waals surface area contributed by atoms with E-state index < -0.39 is 0 Å². The van der Waals surface area contributed by atoms with Crippen molar-refractivity contribution in [2.45, 2.75) is 0 Å². The molecule has 2 heteroatoms. The largest absolute Gasteiger partial charge is 0.508 e. The van der Waals surface area contributed by atoms with Crippen molar-refractivity contribution in [3.05, 3.63) is 64.1 Å². The molecule has 16 heavy (non-hydrogen) atoms. The Labute approximate surface area is 103 Å². The van der Waals surface area contributed by atoms with Gasteiger partial charge in [-0.25, -0.2) is 0 Å². The van der Waals surface area contributed by atoms with E-state index in [9.17, 15) is 0 Å². The van der Waals surface area contributed by atoms with Crippen LogP contribution in [0.2, 0.25) is 0 Å². The summed E-state index contributed by atoms with van der Waals surface area (Å²) in [6, 6.07) is 15.2. The second-order valence-corrected chi connectivity index (χ2v) is 4.40. The third-order valence-corrected chi connectivity index (χ3v) is 2.70. The van der Waals surface area contributed by atoms with Gasteiger partial charge in [-0.05, 0) is 35.4 Å². The zero-order valence-corrected chi connectivity index (χ0v) is 10.2. The van der Waals surface area contributed by atoms with E-state index in [1.165, 1.54) is 0 Å². The molecule has 2 rings (SSSR count). The number of phenols is 1. The molecule has 0 heterocycles. The Hall–Kier alpha value is -1.54. The second kappa shape index (κ2) is 4.99. The highest BCUT2D eigenvalue weighted by molar-refractivity contribution is 9.10. The van der Waals surface area contributed by atoms with E-state index in [1.807, 2.05) is 42.5 Å². The molecule has 0 amide bonds. The maximum Gasteiger partial charge on any atom is 0.115 e. The minimum atomic E-state index is 0.291. The average molecular weight is 275 g/mol. The van der Waals surface area contributed by atoms with E-state index in [4.69, 9.17) is 5.11 Å². The highest BCUT2D eigenvalue weighted by atomic mass is 79.9. The van der Waals surface area contributed by atoms with Crippen molar-refractivity contribution < 1.29 is 5.11 Å². The number of aromatic hydroxyl groups is 1.